The predicted molar refractivity (Wildman–Crippen MR) is 134 cm³/mol. The minimum Gasteiger partial charge on any atom is -0.494 e. The number of nitrogens with zero attached hydrogens (tertiary/aromatic N) is 4. The minimum atomic E-state index is -1.03. The number of pyridine rings is 1. The van der Waals surface area contributed by atoms with Crippen molar-refractivity contribution in [1.82, 2.24) is 14.5 Å². The molecule has 7 heteroatoms. The van der Waals surface area contributed by atoms with Gasteiger partial charge in [0, 0.05) is 36.9 Å². The molecule has 0 aliphatic heterocycles. The number of aromatic hydroxyl groups is 1. The summed E-state index contributed by atoms with van der Waals surface area (Å²) in [6, 6.07) is 16.5. The number of carboxylic acid groups (broad SMARTS) is 1. The summed E-state index contributed by atoms with van der Waals surface area (Å²) in [7, 11) is 1.74. The molecule has 4 aromatic rings. The van der Waals surface area contributed by atoms with Crippen LogP contribution < -0.4 is 0 Å². The third-order valence-corrected chi connectivity index (χ3v) is 6.08. The SMILES string of the molecule is CCN(CC)Cc1ccc(N=C(c2ccncc2)c2c(O)n(C)c3ccc(C(=O)O)cc23)cc1. The first kappa shape index (κ1) is 23.2. The second-order valence-electron chi connectivity index (χ2n) is 8.12. The summed E-state index contributed by atoms with van der Waals surface area (Å²) >= 11 is 0. The molecule has 2 aromatic carbocycles. The lowest BCUT2D eigenvalue weighted by atomic mass is 10.0. The lowest BCUT2D eigenvalue weighted by molar-refractivity contribution is 0.0697. The van der Waals surface area contributed by atoms with Gasteiger partial charge in [-0.05, 0) is 61.1 Å². The molecule has 0 radical (unpaired) electrons. The van der Waals surface area contributed by atoms with Gasteiger partial charge >= 0.3 is 5.97 Å². The van der Waals surface area contributed by atoms with Crippen molar-refractivity contribution in [2.75, 3.05) is 13.1 Å². The van der Waals surface area contributed by atoms with Gasteiger partial charge in [-0.1, -0.05) is 26.0 Å². The normalized spacial score (nSPS) is 11.9. The maximum Gasteiger partial charge on any atom is 0.335 e. The Kier molecular flexibility index (Phi) is 6.75. The van der Waals surface area contributed by atoms with Gasteiger partial charge in [-0.25, -0.2) is 9.79 Å². The topological polar surface area (TPSA) is 91.0 Å². The monoisotopic (exact) mass is 456 g/mol. The summed E-state index contributed by atoms with van der Waals surface area (Å²) in [4.78, 5) is 23.0. The van der Waals surface area contributed by atoms with Crippen LogP contribution in [0.1, 0.15) is 40.9 Å². The molecule has 2 aromatic heterocycles. The molecule has 0 unspecified atom stereocenters. The van der Waals surface area contributed by atoms with Crippen molar-refractivity contribution < 1.29 is 15.0 Å². The Morgan fingerprint density at radius 1 is 1.00 bits per heavy atom. The Morgan fingerprint density at radius 3 is 2.29 bits per heavy atom. The Labute approximate surface area is 198 Å². The highest BCUT2D eigenvalue weighted by atomic mass is 16.4. The number of hydrogen-bond acceptors (Lipinski definition) is 5. The Hall–Kier alpha value is -3.97. The standard InChI is InChI=1S/C27H28N4O3/c1-4-31(5-2)17-18-6-9-21(10-7-18)29-25(19-12-14-28-15-13-19)24-22-16-20(27(33)34)8-11-23(22)30(3)26(24)32/h6-16,32H,4-5,17H2,1-3H3,(H,33,34). The van der Waals surface area contributed by atoms with Crippen LogP contribution in [0.5, 0.6) is 5.88 Å². The maximum absolute atomic E-state index is 11.6. The molecule has 2 N–H and O–H groups in total. The van der Waals surface area contributed by atoms with Crippen LogP contribution in [0.25, 0.3) is 10.9 Å². The van der Waals surface area contributed by atoms with Crippen molar-refractivity contribution in [2.45, 2.75) is 20.4 Å². The van der Waals surface area contributed by atoms with Gasteiger partial charge in [0.15, 0.2) is 0 Å². The number of rotatable bonds is 8. The number of carbonyl (C=O) groups is 1. The van der Waals surface area contributed by atoms with E-state index < -0.39 is 5.97 Å². The highest BCUT2D eigenvalue weighted by molar-refractivity contribution is 6.22. The zero-order valence-electron chi connectivity index (χ0n) is 19.6. The van der Waals surface area contributed by atoms with Crippen LogP contribution in [0.4, 0.5) is 5.69 Å². The van der Waals surface area contributed by atoms with Crippen LogP contribution in [0.2, 0.25) is 0 Å². The maximum atomic E-state index is 11.6. The lowest BCUT2D eigenvalue weighted by Gasteiger charge is -2.17. The first-order valence-electron chi connectivity index (χ1n) is 11.3. The molecule has 34 heavy (non-hydrogen) atoms. The van der Waals surface area contributed by atoms with Crippen molar-refractivity contribution in [3.05, 3.63) is 89.2 Å². The Balaban J connectivity index is 1.87. The average Bonchev–Trinajstić information content (AvgIpc) is 3.11. The molecule has 0 bridgehead atoms. The third kappa shape index (κ3) is 4.56. The number of aryl methyl sites for hydroxylation is 1. The van der Waals surface area contributed by atoms with Gasteiger partial charge in [0.2, 0.25) is 5.88 Å². The van der Waals surface area contributed by atoms with Crippen molar-refractivity contribution in [1.29, 1.82) is 0 Å². The van der Waals surface area contributed by atoms with Crippen molar-refractivity contribution >= 4 is 28.3 Å². The fraction of sp³-hybridized carbons (Fsp3) is 0.222. The highest BCUT2D eigenvalue weighted by Gasteiger charge is 2.22. The molecular formula is C27H28N4O3. The molecule has 0 spiro atoms. The van der Waals surface area contributed by atoms with E-state index in [1.165, 1.54) is 11.6 Å². The molecule has 0 saturated carbocycles. The van der Waals surface area contributed by atoms with E-state index in [9.17, 15) is 15.0 Å². The summed E-state index contributed by atoms with van der Waals surface area (Å²) in [5, 5.41) is 21.2. The van der Waals surface area contributed by atoms with Crippen LogP contribution in [-0.4, -0.2) is 49.4 Å². The molecule has 0 saturated heterocycles. The number of aromatic nitrogens is 2. The van der Waals surface area contributed by atoms with Crippen LogP contribution in [0, 0.1) is 0 Å². The number of fused-ring (bicyclic) bond motifs is 1. The summed E-state index contributed by atoms with van der Waals surface area (Å²) in [5.41, 5.74) is 4.60. The van der Waals surface area contributed by atoms with Crippen molar-refractivity contribution in [2.24, 2.45) is 12.0 Å². The smallest absolute Gasteiger partial charge is 0.335 e. The highest BCUT2D eigenvalue weighted by Crippen LogP contribution is 2.34. The summed E-state index contributed by atoms with van der Waals surface area (Å²) in [6.45, 7) is 7.14. The molecule has 0 atom stereocenters. The van der Waals surface area contributed by atoms with Gasteiger partial charge in [0.05, 0.1) is 28.0 Å². The lowest BCUT2D eigenvalue weighted by Crippen LogP contribution is -2.21. The summed E-state index contributed by atoms with van der Waals surface area (Å²) in [5.74, 6) is -1.01. The number of aromatic carboxylic acids is 1. The van der Waals surface area contributed by atoms with Crippen molar-refractivity contribution in [3.8, 4) is 5.88 Å². The van der Waals surface area contributed by atoms with E-state index in [1.807, 2.05) is 24.3 Å². The van der Waals surface area contributed by atoms with Crippen LogP contribution in [-0.2, 0) is 13.6 Å². The summed E-state index contributed by atoms with van der Waals surface area (Å²) < 4.78 is 1.64. The van der Waals surface area contributed by atoms with E-state index in [-0.39, 0.29) is 11.4 Å². The largest absolute Gasteiger partial charge is 0.494 e. The fourth-order valence-electron chi connectivity index (χ4n) is 4.08. The van der Waals surface area contributed by atoms with E-state index in [4.69, 9.17) is 4.99 Å². The van der Waals surface area contributed by atoms with E-state index in [2.05, 4.69) is 35.9 Å². The van der Waals surface area contributed by atoms with Gasteiger partial charge in [0.1, 0.15) is 0 Å². The second-order valence-corrected chi connectivity index (χ2v) is 8.12. The Bertz CT molecular complexity index is 1340. The van der Waals surface area contributed by atoms with Gasteiger partial charge in [-0.2, -0.15) is 0 Å². The zero-order valence-corrected chi connectivity index (χ0v) is 19.6. The molecule has 7 nitrogen and oxygen atoms in total. The number of benzene rings is 2. The molecule has 0 aliphatic rings. The third-order valence-electron chi connectivity index (χ3n) is 6.08. The van der Waals surface area contributed by atoms with Gasteiger partial charge in [-0.15, -0.1) is 0 Å². The second kappa shape index (κ2) is 9.89. The molecule has 0 amide bonds. The van der Waals surface area contributed by atoms with E-state index >= 15 is 0 Å². The average molecular weight is 457 g/mol. The quantitative estimate of drug-likeness (QED) is 0.365. The van der Waals surface area contributed by atoms with Crippen LogP contribution >= 0.6 is 0 Å². The molecule has 4 rings (SSSR count). The van der Waals surface area contributed by atoms with Gasteiger partial charge < -0.3 is 14.8 Å². The van der Waals surface area contributed by atoms with Gasteiger partial charge in [-0.3, -0.25) is 9.88 Å². The Morgan fingerprint density at radius 2 is 1.68 bits per heavy atom. The number of aliphatic imine (C=N–C) groups is 1. The van der Waals surface area contributed by atoms with E-state index in [0.717, 1.165) is 30.9 Å². The molecule has 174 valence electrons. The molecule has 0 aliphatic carbocycles. The molecule has 0 fully saturated rings. The zero-order chi connectivity index (χ0) is 24.2. The van der Waals surface area contributed by atoms with Crippen LogP contribution in [0.15, 0.2) is 72.0 Å². The molecular weight excluding hydrogens is 428 g/mol. The summed E-state index contributed by atoms with van der Waals surface area (Å²) in [6.07, 6.45) is 3.34. The first-order valence-corrected chi connectivity index (χ1v) is 11.3. The van der Waals surface area contributed by atoms with Crippen LogP contribution in [0.3, 0.4) is 0 Å². The van der Waals surface area contributed by atoms with Crippen molar-refractivity contribution in [3.63, 3.8) is 0 Å². The minimum absolute atomic E-state index is 0.0197. The van der Waals surface area contributed by atoms with E-state index in [0.29, 0.717) is 22.2 Å². The van der Waals surface area contributed by atoms with E-state index in [1.54, 1.807) is 36.1 Å². The molecule has 2 heterocycles. The predicted octanol–water partition coefficient (Wildman–Crippen LogP) is 4.99. The number of hydrogen-bond donors (Lipinski definition) is 2. The number of carboxylic acids is 1. The fourth-order valence-corrected chi connectivity index (χ4v) is 4.08. The van der Waals surface area contributed by atoms with Gasteiger partial charge in [0.25, 0.3) is 0 Å². The first-order chi connectivity index (χ1) is 16.4.